The van der Waals surface area contributed by atoms with Crippen molar-refractivity contribution in [1.29, 1.82) is 0 Å². The van der Waals surface area contributed by atoms with Crippen LogP contribution in [-0.4, -0.2) is 32.8 Å². The third kappa shape index (κ3) is 7.30. The Labute approximate surface area is 232 Å². The molecule has 8 heteroatoms. The van der Waals surface area contributed by atoms with Crippen LogP contribution in [0.3, 0.4) is 0 Å². The Hall–Kier alpha value is -3.56. The molecule has 3 unspecified atom stereocenters. The number of amides is 1. The minimum absolute atomic E-state index is 0.00663. The number of hydrogen-bond acceptors (Lipinski definition) is 7. The molecule has 2 N–H and O–H groups in total. The first-order valence-corrected chi connectivity index (χ1v) is 13.9. The van der Waals surface area contributed by atoms with Crippen LogP contribution in [0.2, 0.25) is 0 Å². The van der Waals surface area contributed by atoms with Gasteiger partial charge in [0.05, 0.1) is 18.8 Å². The van der Waals surface area contributed by atoms with Crippen molar-refractivity contribution in [1.82, 2.24) is 15.3 Å². The Morgan fingerprint density at radius 1 is 0.923 bits per heavy atom. The number of thioether (sulfide) groups is 1. The zero-order valence-electron chi connectivity index (χ0n) is 21.7. The highest BCUT2D eigenvalue weighted by molar-refractivity contribution is 7.99. The molecule has 0 saturated carbocycles. The number of carbonyl (C=O) groups is 1. The summed E-state index contributed by atoms with van der Waals surface area (Å²) in [6, 6.07) is 26.0. The number of carbonyl (C=O) groups excluding carboxylic acids is 1. The van der Waals surface area contributed by atoms with Crippen LogP contribution in [0.25, 0.3) is 11.1 Å². The molecule has 1 aliphatic rings. The van der Waals surface area contributed by atoms with Gasteiger partial charge in [-0.1, -0.05) is 72.4 Å². The van der Waals surface area contributed by atoms with Crippen LogP contribution < -0.4 is 5.32 Å². The second-order valence-electron chi connectivity index (χ2n) is 9.43. The summed E-state index contributed by atoms with van der Waals surface area (Å²) in [5.74, 6) is 0.640. The van der Waals surface area contributed by atoms with E-state index in [4.69, 9.17) is 9.47 Å². The van der Waals surface area contributed by atoms with Crippen molar-refractivity contribution < 1.29 is 19.4 Å². The van der Waals surface area contributed by atoms with E-state index >= 15 is 0 Å². The van der Waals surface area contributed by atoms with Crippen molar-refractivity contribution in [3.63, 3.8) is 0 Å². The summed E-state index contributed by atoms with van der Waals surface area (Å²) in [7, 11) is 0. The number of aromatic nitrogens is 2. The molecule has 0 spiro atoms. The van der Waals surface area contributed by atoms with Gasteiger partial charge in [-0.25, -0.2) is 9.97 Å². The van der Waals surface area contributed by atoms with Crippen LogP contribution in [0, 0.1) is 0 Å². The number of aliphatic hydroxyl groups excluding tert-OH is 1. The largest absolute Gasteiger partial charge is 0.392 e. The third-order valence-corrected chi connectivity index (χ3v) is 7.52. The first-order chi connectivity index (χ1) is 19.1. The van der Waals surface area contributed by atoms with Gasteiger partial charge in [0.2, 0.25) is 5.91 Å². The van der Waals surface area contributed by atoms with Gasteiger partial charge in [0.25, 0.3) is 0 Å². The number of ether oxygens (including phenoxy) is 2. The lowest BCUT2D eigenvalue weighted by atomic mass is 9.99. The van der Waals surface area contributed by atoms with Gasteiger partial charge in [0, 0.05) is 43.6 Å². The van der Waals surface area contributed by atoms with Crippen molar-refractivity contribution in [3.8, 4) is 11.1 Å². The molecule has 1 saturated heterocycles. The van der Waals surface area contributed by atoms with Crippen molar-refractivity contribution in [2.24, 2.45) is 0 Å². The molecule has 0 bridgehead atoms. The maximum Gasteiger partial charge on any atom is 0.217 e. The molecule has 1 aromatic heterocycles. The average Bonchev–Trinajstić information content (AvgIpc) is 2.99. The molecule has 5 rings (SSSR count). The predicted molar refractivity (Wildman–Crippen MR) is 151 cm³/mol. The van der Waals surface area contributed by atoms with E-state index in [2.05, 4.69) is 39.6 Å². The molecule has 1 aliphatic heterocycles. The zero-order chi connectivity index (χ0) is 27.0. The molecule has 39 heavy (non-hydrogen) atoms. The van der Waals surface area contributed by atoms with Gasteiger partial charge in [0.1, 0.15) is 0 Å². The quantitative estimate of drug-likeness (QED) is 0.210. The van der Waals surface area contributed by atoms with Crippen LogP contribution in [0.1, 0.15) is 48.0 Å². The number of nitrogens with zero attached hydrogens (tertiary/aromatic N) is 2. The summed E-state index contributed by atoms with van der Waals surface area (Å²) in [6.45, 7) is 2.01. The van der Waals surface area contributed by atoms with E-state index in [1.54, 1.807) is 30.2 Å². The molecular formula is C31H31N3O4S. The minimum atomic E-state index is -0.550. The van der Waals surface area contributed by atoms with Gasteiger partial charge >= 0.3 is 0 Å². The summed E-state index contributed by atoms with van der Waals surface area (Å²) < 4.78 is 13.0. The van der Waals surface area contributed by atoms with Gasteiger partial charge in [-0.15, -0.1) is 0 Å². The molecule has 3 atom stereocenters. The molecule has 3 aromatic carbocycles. The number of benzene rings is 3. The van der Waals surface area contributed by atoms with E-state index in [0.29, 0.717) is 23.9 Å². The summed E-state index contributed by atoms with van der Waals surface area (Å²) in [6.07, 6.45) is 3.38. The summed E-state index contributed by atoms with van der Waals surface area (Å²) in [5, 5.41) is 13.0. The van der Waals surface area contributed by atoms with Gasteiger partial charge in [-0.05, 0) is 46.0 Å². The Morgan fingerprint density at radius 3 is 2.41 bits per heavy atom. The molecule has 1 amide bonds. The van der Waals surface area contributed by atoms with Crippen LogP contribution >= 0.6 is 11.8 Å². The van der Waals surface area contributed by atoms with Gasteiger partial charge in [0.15, 0.2) is 11.4 Å². The second-order valence-corrected chi connectivity index (χ2v) is 10.4. The van der Waals surface area contributed by atoms with Gasteiger partial charge in [-0.3, -0.25) is 4.79 Å². The van der Waals surface area contributed by atoms with E-state index in [9.17, 15) is 9.90 Å². The van der Waals surface area contributed by atoms with Gasteiger partial charge < -0.3 is 19.9 Å². The van der Waals surface area contributed by atoms with Gasteiger partial charge in [-0.2, -0.15) is 0 Å². The fourth-order valence-corrected chi connectivity index (χ4v) is 5.32. The molecule has 0 aliphatic carbocycles. The molecule has 1 fully saturated rings. The highest BCUT2D eigenvalue weighted by atomic mass is 32.2. The lowest BCUT2D eigenvalue weighted by Crippen LogP contribution is -2.31. The molecule has 7 nitrogen and oxygen atoms in total. The van der Waals surface area contributed by atoms with Crippen molar-refractivity contribution >= 4 is 17.7 Å². The van der Waals surface area contributed by atoms with Crippen LogP contribution in [0.15, 0.2) is 96.4 Å². The lowest BCUT2D eigenvalue weighted by molar-refractivity contribution is -0.245. The zero-order valence-corrected chi connectivity index (χ0v) is 22.5. The molecule has 200 valence electrons. The second kappa shape index (κ2) is 13.0. The minimum Gasteiger partial charge on any atom is -0.392 e. The topological polar surface area (TPSA) is 93.6 Å². The first-order valence-electron chi connectivity index (χ1n) is 12.9. The number of hydrogen-bond donors (Lipinski definition) is 2. The van der Waals surface area contributed by atoms with Crippen molar-refractivity contribution in [2.45, 2.75) is 50.2 Å². The molecular weight excluding hydrogens is 510 g/mol. The van der Waals surface area contributed by atoms with E-state index in [1.807, 2.05) is 48.5 Å². The molecule has 4 aromatic rings. The smallest absolute Gasteiger partial charge is 0.217 e. The maximum atomic E-state index is 11.3. The fraction of sp³-hybridized carbons (Fsp3) is 0.258. The van der Waals surface area contributed by atoms with Crippen molar-refractivity contribution in [2.75, 3.05) is 5.75 Å². The highest BCUT2D eigenvalue weighted by Crippen LogP contribution is 2.40. The van der Waals surface area contributed by atoms with Crippen LogP contribution in [0.4, 0.5) is 0 Å². The van der Waals surface area contributed by atoms with E-state index in [1.165, 1.54) is 6.92 Å². The summed E-state index contributed by atoms with van der Waals surface area (Å²) in [4.78, 5) is 20.0. The van der Waals surface area contributed by atoms with E-state index < -0.39 is 6.29 Å². The normalized spacial score (nSPS) is 19.0. The average molecular weight is 542 g/mol. The van der Waals surface area contributed by atoms with E-state index in [-0.39, 0.29) is 24.7 Å². The van der Waals surface area contributed by atoms with Crippen LogP contribution in [0.5, 0.6) is 0 Å². The van der Waals surface area contributed by atoms with Crippen molar-refractivity contribution in [3.05, 3.63) is 114 Å². The first kappa shape index (κ1) is 27.0. The van der Waals surface area contributed by atoms with Crippen LogP contribution in [-0.2, 0) is 27.4 Å². The summed E-state index contributed by atoms with van der Waals surface area (Å²) >= 11 is 1.57. The number of nitrogens with one attached hydrogen (secondary N) is 1. The van der Waals surface area contributed by atoms with E-state index in [0.717, 1.165) is 33.4 Å². The Balaban J connectivity index is 1.38. The SMILES string of the molecule is CC(=O)NCc1cccc(-c2cccc(C3OC(CSc4ncccn4)CC(c4ccc(CO)cc4)O3)c2)c1. The lowest BCUT2D eigenvalue weighted by Gasteiger charge is -2.36. The third-order valence-electron chi connectivity index (χ3n) is 6.52. The predicted octanol–water partition coefficient (Wildman–Crippen LogP) is 5.61. The maximum absolute atomic E-state index is 11.3. The Kier molecular flexibility index (Phi) is 9.00. The number of aliphatic hydroxyl groups is 1. The standard InChI is InChI=1S/C31H31N3O4S/c1-21(36)34-18-23-5-2-6-25(15-23)26-7-3-8-27(16-26)30-37-28(20-39-31-32-13-4-14-33-31)17-29(38-30)24-11-9-22(19-35)10-12-24/h2-16,28-30,35H,17-20H2,1H3,(H,34,36). The Morgan fingerprint density at radius 2 is 1.67 bits per heavy atom. The monoisotopic (exact) mass is 541 g/mol. The molecule has 2 heterocycles. The fourth-order valence-electron chi connectivity index (χ4n) is 4.50. The summed E-state index contributed by atoms with van der Waals surface area (Å²) in [5.41, 5.74) is 5.98. The Bertz CT molecular complexity index is 1380. The number of rotatable bonds is 9. The molecule has 0 radical (unpaired) electrons. The highest BCUT2D eigenvalue weighted by Gasteiger charge is 2.32.